The van der Waals surface area contributed by atoms with Gasteiger partial charge >= 0.3 is 5.97 Å². The summed E-state index contributed by atoms with van der Waals surface area (Å²) in [5.74, 6) is -0.902. The molecule has 0 aliphatic heterocycles. The third kappa shape index (κ3) is 9.93. The highest BCUT2D eigenvalue weighted by Gasteiger charge is 2.10. The fourth-order valence-corrected chi connectivity index (χ4v) is 1.33. The van der Waals surface area contributed by atoms with Gasteiger partial charge in [0.1, 0.15) is 6.04 Å². The number of aliphatic carboxylic acids is 1. The molecule has 4 heteroatoms. The van der Waals surface area contributed by atoms with Crippen molar-refractivity contribution in [2.24, 2.45) is 11.1 Å². The van der Waals surface area contributed by atoms with Crippen LogP contribution < -0.4 is 11.1 Å². The van der Waals surface area contributed by atoms with Crippen molar-refractivity contribution in [3.63, 3.8) is 0 Å². The Morgan fingerprint density at radius 2 is 1.94 bits per heavy atom. The molecule has 0 spiro atoms. The Kier molecular flexibility index (Phi) is 7.34. The minimum atomic E-state index is -0.902. The van der Waals surface area contributed by atoms with E-state index in [2.05, 4.69) is 26.1 Å². The van der Waals surface area contributed by atoms with Crippen molar-refractivity contribution in [2.75, 3.05) is 13.1 Å². The number of hydrogen-bond acceptors (Lipinski definition) is 3. The molecule has 0 bridgehead atoms. The van der Waals surface area contributed by atoms with Crippen LogP contribution in [-0.4, -0.2) is 30.2 Å². The Labute approximate surface area is 98.6 Å². The van der Waals surface area contributed by atoms with Gasteiger partial charge in [0.2, 0.25) is 0 Å². The van der Waals surface area contributed by atoms with Gasteiger partial charge in [-0.25, -0.2) is 0 Å². The second kappa shape index (κ2) is 7.63. The molecule has 0 heterocycles. The molecule has 0 aromatic carbocycles. The van der Waals surface area contributed by atoms with Crippen LogP contribution in [0.1, 0.15) is 46.5 Å². The van der Waals surface area contributed by atoms with Gasteiger partial charge in [-0.05, 0) is 37.8 Å². The molecule has 1 atom stereocenters. The normalized spacial score (nSPS) is 13.8. The van der Waals surface area contributed by atoms with E-state index in [0.717, 1.165) is 32.4 Å². The van der Waals surface area contributed by atoms with Crippen molar-refractivity contribution < 1.29 is 9.90 Å². The van der Waals surface area contributed by atoms with Crippen LogP contribution in [0.3, 0.4) is 0 Å². The first-order valence-corrected chi connectivity index (χ1v) is 6.02. The summed E-state index contributed by atoms with van der Waals surface area (Å²) in [6, 6.07) is -0.699. The van der Waals surface area contributed by atoms with Gasteiger partial charge in [0.25, 0.3) is 0 Å². The molecule has 0 aliphatic rings. The first kappa shape index (κ1) is 15.4. The molecule has 0 aromatic heterocycles. The maximum absolute atomic E-state index is 10.4. The molecule has 0 radical (unpaired) electrons. The summed E-state index contributed by atoms with van der Waals surface area (Å²) in [6.45, 7) is 8.64. The zero-order chi connectivity index (χ0) is 12.6. The average molecular weight is 230 g/mol. The third-order valence-corrected chi connectivity index (χ3v) is 2.49. The van der Waals surface area contributed by atoms with Crippen LogP contribution in [-0.2, 0) is 4.79 Å². The maximum Gasteiger partial charge on any atom is 0.320 e. The van der Waals surface area contributed by atoms with Gasteiger partial charge in [-0.1, -0.05) is 27.2 Å². The molecule has 4 N–H and O–H groups in total. The minimum Gasteiger partial charge on any atom is -0.480 e. The molecule has 0 saturated carbocycles. The van der Waals surface area contributed by atoms with Crippen molar-refractivity contribution in [1.29, 1.82) is 0 Å². The predicted molar refractivity (Wildman–Crippen MR) is 66.4 cm³/mol. The third-order valence-electron chi connectivity index (χ3n) is 2.49. The summed E-state index contributed by atoms with van der Waals surface area (Å²) in [5, 5.41) is 11.9. The second-order valence-electron chi connectivity index (χ2n) is 5.50. The van der Waals surface area contributed by atoms with E-state index in [1.807, 2.05) is 0 Å². The second-order valence-corrected chi connectivity index (χ2v) is 5.50. The SMILES string of the molecule is CC(C)(C)CCNCCCC[C@H](N)C(=O)O. The fourth-order valence-electron chi connectivity index (χ4n) is 1.33. The van der Waals surface area contributed by atoms with E-state index in [0.29, 0.717) is 11.8 Å². The van der Waals surface area contributed by atoms with Crippen LogP contribution >= 0.6 is 0 Å². The average Bonchev–Trinajstić information content (AvgIpc) is 2.14. The number of nitrogens with one attached hydrogen (secondary N) is 1. The topological polar surface area (TPSA) is 75.3 Å². The zero-order valence-electron chi connectivity index (χ0n) is 10.8. The molecule has 16 heavy (non-hydrogen) atoms. The van der Waals surface area contributed by atoms with E-state index < -0.39 is 12.0 Å². The van der Waals surface area contributed by atoms with Crippen LogP contribution in [0.25, 0.3) is 0 Å². The number of rotatable bonds is 8. The van der Waals surface area contributed by atoms with Gasteiger partial charge in [-0.3, -0.25) is 4.79 Å². The van der Waals surface area contributed by atoms with Crippen molar-refractivity contribution in [1.82, 2.24) is 5.32 Å². The molecule has 0 fully saturated rings. The van der Waals surface area contributed by atoms with Gasteiger partial charge in [-0.2, -0.15) is 0 Å². The standard InChI is InChI=1S/C12H26N2O2/c1-12(2,3)7-9-14-8-5-4-6-10(13)11(15)16/h10,14H,4-9,13H2,1-3H3,(H,15,16)/t10-/m0/s1. The number of hydrogen-bond donors (Lipinski definition) is 3. The predicted octanol–water partition coefficient (Wildman–Crippen LogP) is 1.59. The molecule has 0 aromatic rings. The van der Waals surface area contributed by atoms with Gasteiger partial charge in [0.05, 0.1) is 0 Å². The van der Waals surface area contributed by atoms with Crippen LogP contribution in [0.4, 0.5) is 0 Å². The molecule has 0 aliphatic carbocycles. The van der Waals surface area contributed by atoms with Gasteiger partial charge in [0.15, 0.2) is 0 Å². The Morgan fingerprint density at radius 3 is 2.44 bits per heavy atom. The van der Waals surface area contributed by atoms with Gasteiger partial charge in [-0.15, -0.1) is 0 Å². The van der Waals surface area contributed by atoms with E-state index in [1.165, 1.54) is 0 Å². The summed E-state index contributed by atoms with van der Waals surface area (Å²) >= 11 is 0. The number of carbonyl (C=O) groups is 1. The molecular weight excluding hydrogens is 204 g/mol. The van der Waals surface area contributed by atoms with Gasteiger partial charge < -0.3 is 16.2 Å². The lowest BCUT2D eigenvalue weighted by Gasteiger charge is -2.18. The highest BCUT2D eigenvalue weighted by molar-refractivity contribution is 5.72. The summed E-state index contributed by atoms with van der Waals surface area (Å²) in [5.41, 5.74) is 5.77. The van der Waals surface area contributed by atoms with Crippen molar-refractivity contribution >= 4 is 5.97 Å². The Balaban J connectivity index is 3.25. The summed E-state index contributed by atoms with van der Waals surface area (Å²) < 4.78 is 0. The van der Waals surface area contributed by atoms with Crippen molar-refractivity contribution in [2.45, 2.75) is 52.5 Å². The number of nitrogens with two attached hydrogens (primary N) is 1. The van der Waals surface area contributed by atoms with Crippen LogP contribution in [0.5, 0.6) is 0 Å². The first-order valence-electron chi connectivity index (χ1n) is 6.02. The number of carboxylic acids is 1. The van der Waals surface area contributed by atoms with Crippen molar-refractivity contribution in [3.05, 3.63) is 0 Å². The van der Waals surface area contributed by atoms with E-state index in [9.17, 15) is 4.79 Å². The minimum absolute atomic E-state index is 0.374. The quantitative estimate of drug-likeness (QED) is 0.554. The Hall–Kier alpha value is -0.610. The summed E-state index contributed by atoms with van der Waals surface area (Å²) in [4.78, 5) is 10.4. The number of carboxylic acid groups (broad SMARTS) is 1. The molecular formula is C12H26N2O2. The molecule has 4 nitrogen and oxygen atoms in total. The molecule has 0 unspecified atom stereocenters. The molecule has 0 rings (SSSR count). The maximum atomic E-state index is 10.4. The van der Waals surface area contributed by atoms with E-state index in [-0.39, 0.29) is 0 Å². The lowest BCUT2D eigenvalue weighted by molar-refractivity contribution is -0.138. The zero-order valence-corrected chi connectivity index (χ0v) is 10.8. The highest BCUT2D eigenvalue weighted by Crippen LogP contribution is 2.16. The van der Waals surface area contributed by atoms with Crippen LogP contribution in [0.2, 0.25) is 0 Å². The first-order chi connectivity index (χ1) is 7.33. The van der Waals surface area contributed by atoms with Crippen molar-refractivity contribution in [3.8, 4) is 0 Å². The number of unbranched alkanes of at least 4 members (excludes halogenated alkanes) is 1. The molecule has 96 valence electrons. The van der Waals surface area contributed by atoms with E-state index >= 15 is 0 Å². The Morgan fingerprint density at radius 1 is 1.31 bits per heavy atom. The van der Waals surface area contributed by atoms with Gasteiger partial charge in [0, 0.05) is 0 Å². The van der Waals surface area contributed by atoms with E-state index in [1.54, 1.807) is 0 Å². The Bertz CT molecular complexity index is 200. The molecule has 0 amide bonds. The molecule has 0 saturated heterocycles. The largest absolute Gasteiger partial charge is 0.480 e. The van der Waals surface area contributed by atoms with Crippen LogP contribution in [0, 0.1) is 5.41 Å². The lowest BCUT2D eigenvalue weighted by Crippen LogP contribution is -2.30. The van der Waals surface area contributed by atoms with Crippen LogP contribution in [0.15, 0.2) is 0 Å². The highest BCUT2D eigenvalue weighted by atomic mass is 16.4. The smallest absolute Gasteiger partial charge is 0.320 e. The lowest BCUT2D eigenvalue weighted by atomic mass is 9.92. The fraction of sp³-hybridized carbons (Fsp3) is 0.917. The van der Waals surface area contributed by atoms with E-state index in [4.69, 9.17) is 10.8 Å². The summed E-state index contributed by atoms with van der Waals surface area (Å²) in [7, 11) is 0. The monoisotopic (exact) mass is 230 g/mol. The summed E-state index contributed by atoms with van der Waals surface area (Å²) in [6.07, 6.45) is 3.58.